The molecule has 0 saturated heterocycles. The molecule has 0 spiro atoms. The van der Waals surface area contributed by atoms with Gasteiger partial charge in [0.15, 0.2) is 5.78 Å². The standard InChI is InChI=1S/C34H49N3O7/c1-21-15-26(38)16-22(2)27(21)19-28(37-32(42)44-34(7,8)9)29(39)17-23(3)30(40)35-20-25(18-24-13-11-10-12-14-24)36-31(41)43-33(4,5)6/h10-16,23,25,28,38H,17-20H2,1-9H3,(H,35,40)(H,36,41)(H,37,42)/t23-,25-,28-/m0/s1. The van der Waals surface area contributed by atoms with E-state index >= 15 is 0 Å². The number of phenolic OH excluding ortho intramolecular Hbond substituents is 1. The molecule has 4 N–H and O–H groups in total. The number of phenols is 1. The Morgan fingerprint density at radius 2 is 1.34 bits per heavy atom. The number of alkyl carbamates (subject to hydrolysis) is 2. The van der Waals surface area contributed by atoms with Crippen LogP contribution in [-0.4, -0.2) is 58.8 Å². The van der Waals surface area contributed by atoms with Crippen LogP contribution in [0.3, 0.4) is 0 Å². The number of aromatic hydroxyl groups is 1. The molecule has 0 saturated carbocycles. The van der Waals surface area contributed by atoms with Gasteiger partial charge in [-0.15, -0.1) is 0 Å². The minimum absolute atomic E-state index is 0.115. The van der Waals surface area contributed by atoms with E-state index in [1.165, 1.54) is 0 Å². The third kappa shape index (κ3) is 13.1. The molecule has 2 aromatic rings. The van der Waals surface area contributed by atoms with E-state index in [1.807, 2.05) is 44.2 Å². The maximum Gasteiger partial charge on any atom is 0.408 e. The minimum Gasteiger partial charge on any atom is -0.508 e. The zero-order valence-electron chi connectivity index (χ0n) is 27.5. The fraction of sp³-hybridized carbons (Fsp3) is 0.529. The number of nitrogens with one attached hydrogen (secondary N) is 3. The SMILES string of the molecule is Cc1cc(O)cc(C)c1C[C@H](NC(=O)OC(C)(C)C)C(=O)C[C@H](C)C(=O)NC[C@H](Cc1ccccc1)NC(=O)OC(C)(C)C. The van der Waals surface area contributed by atoms with E-state index in [1.54, 1.807) is 60.6 Å². The van der Waals surface area contributed by atoms with Gasteiger partial charge in [0.2, 0.25) is 5.91 Å². The smallest absolute Gasteiger partial charge is 0.408 e. The van der Waals surface area contributed by atoms with Gasteiger partial charge in [-0.3, -0.25) is 9.59 Å². The molecule has 0 heterocycles. The van der Waals surface area contributed by atoms with Crippen molar-refractivity contribution < 1.29 is 33.8 Å². The lowest BCUT2D eigenvalue weighted by Gasteiger charge is -2.25. The summed E-state index contributed by atoms with van der Waals surface area (Å²) in [7, 11) is 0. The maximum absolute atomic E-state index is 13.5. The molecular weight excluding hydrogens is 562 g/mol. The lowest BCUT2D eigenvalue weighted by atomic mass is 9.91. The van der Waals surface area contributed by atoms with Crippen molar-refractivity contribution in [1.29, 1.82) is 0 Å². The van der Waals surface area contributed by atoms with Gasteiger partial charge in [-0.1, -0.05) is 37.3 Å². The Kier molecular flexibility index (Phi) is 12.8. The summed E-state index contributed by atoms with van der Waals surface area (Å²) in [6.45, 7) is 15.9. The first-order valence-electron chi connectivity index (χ1n) is 15.0. The molecule has 0 aliphatic rings. The summed E-state index contributed by atoms with van der Waals surface area (Å²) in [6, 6.07) is 11.3. The van der Waals surface area contributed by atoms with Gasteiger partial charge in [-0.05, 0) is 96.2 Å². The summed E-state index contributed by atoms with van der Waals surface area (Å²) in [4.78, 5) is 51.8. The molecule has 10 heteroatoms. The summed E-state index contributed by atoms with van der Waals surface area (Å²) in [6.07, 6.45) is -0.832. The number of ether oxygens (including phenoxy) is 2. The second-order valence-electron chi connectivity index (χ2n) is 13.3. The van der Waals surface area contributed by atoms with Gasteiger partial charge in [0, 0.05) is 25.3 Å². The number of ketones is 1. The highest BCUT2D eigenvalue weighted by Gasteiger charge is 2.29. The Morgan fingerprint density at radius 3 is 1.86 bits per heavy atom. The van der Waals surface area contributed by atoms with Crippen molar-refractivity contribution >= 4 is 23.9 Å². The van der Waals surface area contributed by atoms with Gasteiger partial charge in [0.05, 0.1) is 12.1 Å². The predicted octanol–water partition coefficient (Wildman–Crippen LogP) is 5.29. The average Bonchev–Trinajstić information content (AvgIpc) is 2.86. The predicted molar refractivity (Wildman–Crippen MR) is 170 cm³/mol. The Morgan fingerprint density at radius 1 is 0.818 bits per heavy atom. The number of hydrogen-bond acceptors (Lipinski definition) is 7. The molecule has 242 valence electrons. The molecule has 2 rings (SSSR count). The molecule has 3 amide bonds. The number of carbonyl (C=O) groups excluding carboxylic acids is 4. The summed E-state index contributed by atoms with van der Waals surface area (Å²) >= 11 is 0. The van der Waals surface area contributed by atoms with Crippen LogP contribution in [-0.2, 0) is 31.9 Å². The second-order valence-corrected chi connectivity index (χ2v) is 13.3. The second kappa shape index (κ2) is 15.6. The molecule has 0 aromatic heterocycles. The molecule has 3 atom stereocenters. The summed E-state index contributed by atoms with van der Waals surface area (Å²) in [5.74, 6) is -1.30. The molecule has 10 nitrogen and oxygen atoms in total. The van der Waals surface area contributed by atoms with Crippen molar-refractivity contribution in [2.45, 2.75) is 105 Å². The van der Waals surface area contributed by atoms with Crippen molar-refractivity contribution in [2.75, 3.05) is 6.54 Å². The van der Waals surface area contributed by atoms with E-state index in [0.717, 1.165) is 22.3 Å². The van der Waals surface area contributed by atoms with Crippen LogP contribution in [0.5, 0.6) is 5.75 Å². The van der Waals surface area contributed by atoms with E-state index < -0.39 is 41.4 Å². The first kappa shape index (κ1) is 36.1. The number of Topliss-reactive ketones (excluding diaryl/α,β-unsaturated/α-hetero) is 1. The van der Waals surface area contributed by atoms with Crippen LogP contribution >= 0.6 is 0 Å². The van der Waals surface area contributed by atoms with E-state index in [-0.39, 0.29) is 36.8 Å². The zero-order valence-corrected chi connectivity index (χ0v) is 27.5. The average molecular weight is 612 g/mol. The third-order valence-electron chi connectivity index (χ3n) is 6.69. The highest BCUT2D eigenvalue weighted by atomic mass is 16.6. The number of aryl methyl sites for hydroxylation is 2. The number of benzene rings is 2. The Bertz CT molecular complexity index is 1270. The van der Waals surface area contributed by atoms with Gasteiger partial charge in [0.1, 0.15) is 17.0 Å². The molecule has 2 aromatic carbocycles. The minimum atomic E-state index is -0.957. The number of amides is 3. The van der Waals surface area contributed by atoms with Crippen molar-refractivity contribution in [1.82, 2.24) is 16.0 Å². The van der Waals surface area contributed by atoms with E-state index in [2.05, 4.69) is 16.0 Å². The molecule has 0 aliphatic heterocycles. The summed E-state index contributed by atoms with van der Waals surface area (Å²) < 4.78 is 10.8. The Labute approximate surface area is 261 Å². The largest absolute Gasteiger partial charge is 0.508 e. The monoisotopic (exact) mass is 611 g/mol. The highest BCUT2D eigenvalue weighted by molar-refractivity contribution is 5.91. The number of rotatable bonds is 12. The van der Waals surface area contributed by atoms with Gasteiger partial charge in [-0.2, -0.15) is 0 Å². The Balaban J connectivity index is 2.14. The van der Waals surface area contributed by atoms with Crippen LogP contribution in [0, 0.1) is 19.8 Å². The van der Waals surface area contributed by atoms with E-state index in [4.69, 9.17) is 9.47 Å². The molecule has 0 unspecified atom stereocenters. The maximum atomic E-state index is 13.5. The van der Waals surface area contributed by atoms with Crippen LogP contribution in [0.4, 0.5) is 9.59 Å². The van der Waals surface area contributed by atoms with Gasteiger partial charge >= 0.3 is 12.2 Å². The number of hydrogen-bond donors (Lipinski definition) is 4. The van der Waals surface area contributed by atoms with Crippen LogP contribution < -0.4 is 16.0 Å². The van der Waals surface area contributed by atoms with Crippen LogP contribution in [0.1, 0.15) is 77.1 Å². The first-order chi connectivity index (χ1) is 20.3. The lowest BCUT2D eigenvalue weighted by molar-refractivity contribution is -0.129. The van der Waals surface area contributed by atoms with Crippen molar-refractivity contribution in [3.05, 3.63) is 64.7 Å². The molecule has 0 bridgehead atoms. The summed E-state index contributed by atoms with van der Waals surface area (Å²) in [5.41, 5.74) is 1.89. The fourth-order valence-corrected chi connectivity index (χ4v) is 4.67. The van der Waals surface area contributed by atoms with Crippen molar-refractivity contribution in [3.63, 3.8) is 0 Å². The van der Waals surface area contributed by atoms with Gasteiger partial charge in [0.25, 0.3) is 0 Å². The lowest BCUT2D eigenvalue weighted by Crippen LogP contribution is -2.48. The Hall–Kier alpha value is -4.08. The van der Waals surface area contributed by atoms with E-state index in [9.17, 15) is 24.3 Å². The molecule has 0 aliphatic carbocycles. The van der Waals surface area contributed by atoms with Crippen molar-refractivity contribution in [2.24, 2.45) is 5.92 Å². The van der Waals surface area contributed by atoms with Crippen molar-refractivity contribution in [3.8, 4) is 5.75 Å². The van der Waals surface area contributed by atoms with Crippen LogP contribution in [0.2, 0.25) is 0 Å². The van der Waals surface area contributed by atoms with Crippen LogP contribution in [0.25, 0.3) is 0 Å². The number of carbonyl (C=O) groups is 4. The molecular formula is C34H49N3O7. The molecule has 44 heavy (non-hydrogen) atoms. The topological polar surface area (TPSA) is 143 Å². The van der Waals surface area contributed by atoms with E-state index in [0.29, 0.717) is 6.42 Å². The highest BCUT2D eigenvalue weighted by Crippen LogP contribution is 2.23. The summed E-state index contributed by atoms with van der Waals surface area (Å²) in [5, 5.41) is 18.3. The van der Waals surface area contributed by atoms with Crippen LogP contribution in [0.15, 0.2) is 42.5 Å². The normalized spacial score (nSPS) is 13.7. The van der Waals surface area contributed by atoms with Gasteiger partial charge < -0.3 is 30.5 Å². The quantitative estimate of drug-likeness (QED) is 0.255. The first-order valence-corrected chi connectivity index (χ1v) is 15.0. The van der Waals surface area contributed by atoms with Gasteiger partial charge in [-0.25, -0.2) is 9.59 Å². The molecule has 0 fully saturated rings. The third-order valence-corrected chi connectivity index (χ3v) is 6.69. The fourth-order valence-electron chi connectivity index (χ4n) is 4.67. The zero-order chi connectivity index (χ0) is 33.2. The molecule has 0 radical (unpaired) electrons.